The SMILES string of the molecule is CC1(C(=O)Nc2cc(Br)ccc2N2CCOCC2)Cc2ccccc2C(=O)O1. The average Bonchev–Trinajstić information content (AvgIpc) is 2.69. The van der Waals surface area contributed by atoms with Crippen molar-refractivity contribution in [2.75, 3.05) is 36.5 Å². The van der Waals surface area contributed by atoms with Crippen LogP contribution in [0.3, 0.4) is 0 Å². The monoisotopic (exact) mass is 444 g/mol. The van der Waals surface area contributed by atoms with E-state index in [9.17, 15) is 9.59 Å². The predicted molar refractivity (Wildman–Crippen MR) is 110 cm³/mol. The molecule has 4 rings (SSSR count). The van der Waals surface area contributed by atoms with Crippen molar-refractivity contribution in [3.8, 4) is 0 Å². The molecule has 146 valence electrons. The van der Waals surface area contributed by atoms with Crippen LogP contribution < -0.4 is 10.2 Å². The third kappa shape index (κ3) is 3.64. The van der Waals surface area contributed by atoms with Crippen LogP contribution in [0.2, 0.25) is 0 Å². The lowest BCUT2D eigenvalue weighted by Gasteiger charge is -2.34. The van der Waals surface area contributed by atoms with Gasteiger partial charge in [0.1, 0.15) is 0 Å². The molecule has 0 bridgehead atoms. The van der Waals surface area contributed by atoms with Crippen molar-refractivity contribution in [1.29, 1.82) is 0 Å². The average molecular weight is 445 g/mol. The number of anilines is 2. The van der Waals surface area contributed by atoms with Crippen LogP contribution in [0.5, 0.6) is 0 Å². The number of hydrogen-bond acceptors (Lipinski definition) is 5. The lowest BCUT2D eigenvalue weighted by Crippen LogP contribution is -2.49. The van der Waals surface area contributed by atoms with Crippen LogP contribution in [0, 0.1) is 0 Å². The van der Waals surface area contributed by atoms with Crippen molar-refractivity contribution in [2.45, 2.75) is 18.9 Å². The molecule has 2 aliphatic heterocycles. The Morgan fingerprint density at radius 1 is 1.18 bits per heavy atom. The fourth-order valence-corrected chi connectivity index (χ4v) is 3.96. The van der Waals surface area contributed by atoms with Gasteiger partial charge in [0.2, 0.25) is 0 Å². The van der Waals surface area contributed by atoms with E-state index in [4.69, 9.17) is 9.47 Å². The minimum absolute atomic E-state index is 0.335. The highest BCUT2D eigenvalue weighted by molar-refractivity contribution is 9.10. The summed E-state index contributed by atoms with van der Waals surface area (Å²) in [6.45, 7) is 4.46. The highest BCUT2D eigenvalue weighted by Gasteiger charge is 2.42. The summed E-state index contributed by atoms with van der Waals surface area (Å²) in [5, 5.41) is 2.98. The summed E-state index contributed by atoms with van der Waals surface area (Å²) in [6.07, 6.45) is 0.335. The number of halogens is 1. The molecule has 0 saturated carbocycles. The second-order valence-corrected chi connectivity index (χ2v) is 8.08. The Balaban J connectivity index is 1.60. The maximum absolute atomic E-state index is 13.1. The van der Waals surface area contributed by atoms with E-state index in [1.165, 1.54) is 0 Å². The van der Waals surface area contributed by atoms with Crippen molar-refractivity contribution < 1.29 is 19.1 Å². The van der Waals surface area contributed by atoms with Gasteiger partial charge in [0, 0.05) is 24.0 Å². The number of morpholine rings is 1. The van der Waals surface area contributed by atoms with E-state index in [0.29, 0.717) is 30.9 Å². The third-order valence-corrected chi connectivity index (χ3v) is 5.62. The van der Waals surface area contributed by atoms with Gasteiger partial charge < -0.3 is 19.7 Å². The molecule has 2 aromatic rings. The molecule has 1 amide bonds. The first-order valence-corrected chi connectivity index (χ1v) is 10.0. The lowest BCUT2D eigenvalue weighted by molar-refractivity contribution is -0.134. The van der Waals surface area contributed by atoms with Crippen LogP contribution in [0.1, 0.15) is 22.8 Å². The maximum Gasteiger partial charge on any atom is 0.339 e. The normalized spacial score (nSPS) is 21.6. The number of hydrogen-bond donors (Lipinski definition) is 1. The number of carbonyl (C=O) groups excluding carboxylic acids is 2. The minimum atomic E-state index is -1.27. The lowest BCUT2D eigenvalue weighted by atomic mass is 9.89. The van der Waals surface area contributed by atoms with Gasteiger partial charge >= 0.3 is 5.97 Å². The molecule has 1 fully saturated rings. The van der Waals surface area contributed by atoms with Gasteiger partial charge in [-0.1, -0.05) is 34.1 Å². The van der Waals surface area contributed by atoms with E-state index < -0.39 is 11.6 Å². The first kappa shape index (κ1) is 19.0. The maximum atomic E-state index is 13.1. The van der Waals surface area contributed by atoms with Gasteiger partial charge in [-0.2, -0.15) is 0 Å². The van der Waals surface area contributed by atoms with Gasteiger partial charge in [-0.3, -0.25) is 4.79 Å². The number of nitrogens with zero attached hydrogens (tertiary/aromatic N) is 1. The number of benzene rings is 2. The molecule has 7 heteroatoms. The Bertz CT molecular complexity index is 926. The zero-order valence-corrected chi connectivity index (χ0v) is 17.1. The standard InChI is InChI=1S/C21H21BrN2O4/c1-21(13-14-4-2-3-5-16(14)19(25)28-21)20(26)23-17-12-15(22)6-7-18(17)24-8-10-27-11-9-24/h2-7,12H,8-11,13H2,1H3,(H,23,26). The Hall–Kier alpha value is -2.38. The van der Waals surface area contributed by atoms with Crippen LogP contribution >= 0.6 is 15.9 Å². The number of cyclic esters (lactones) is 1. The number of nitrogens with one attached hydrogen (secondary N) is 1. The zero-order valence-electron chi connectivity index (χ0n) is 15.5. The molecule has 1 saturated heterocycles. The van der Waals surface area contributed by atoms with E-state index in [-0.39, 0.29) is 5.91 Å². The number of esters is 1. The van der Waals surface area contributed by atoms with Crippen LogP contribution in [-0.2, 0) is 20.7 Å². The molecule has 1 atom stereocenters. The Morgan fingerprint density at radius 2 is 1.93 bits per heavy atom. The molecule has 2 aromatic carbocycles. The summed E-state index contributed by atoms with van der Waals surface area (Å²) in [6, 6.07) is 13.0. The van der Waals surface area contributed by atoms with Gasteiger partial charge in [-0.05, 0) is 36.8 Å². The summed E-state index contributed by atoms with van der Waals surface area (Å²) in [5.74, 6) is -0.815. The van der Waals surface area contributed by atoms with Crippen molar-refractivity contribution in [3.05, 3.63) is 58.1 Å². The number of fused-ring (bicyclic) bond motifs is 1. The van der Waals surface area contributed by atoms with Crippen molar-refractivity contribution in [2.24, 2.45) is 0 Å². The molecule has 0 aliphatic carbocycles. The minimum Gasteiger partial charge on any atom is -0.445 e. The summed E-state index contributed by atoms with van der Waals surface area (Å²) in [7, 11) is 0. The van der Waals surface area contributed by atoms with Crippen LogP contribution in [-0.4, -0.2) is 43.8 Å². The first-order valence-electron chi connectivity index (χ1n) is 9.21. The summed E-state index contributed by atoms with van der Waals surface area (Å²) < 4.78 is 11.8. The molecule has 0 spiro atoms. The fraction of sp³-hybridized carbons (Fsp3) is 0.333. The molecule has 2 heterocycles. The van der Waals surface area contributed by atoms with Crippen molar-refractivity contribution >= 4 is 39.2 Å². The summed E-state index contributed by atoms with van der Waals surface area (Å²) in [5.41, 5.74) is 1.67. The molecular weight excluding hydrogens is 424 g/mol. The number of carbonyl (C=O) groups is 2. The predicted octanol–water partition coefficient (Wildman–Crippen LogP) is 3.40. The third-order valence-electron chi connectivity index (χ3n) is 5.12. The summed E-state index contributed by atoms with van der Waals surface area (Å²) in [4.78, 5) is 27.7. The largest absolute Gasteiger partial charge is 0.445 e. The molecule has 1 unspecified atom stereocenters. The van der Waals surface area contributed by atoms with E-state index >= 15 is 0 Å². The number of ether oxygens (including phenoxy) is 2. The highest BCUT2D eigenvalue weighted by atomic mass is 79.9. The second-order valence-electron chi connectivity index (χ2n) is 7.17. The van der Waals surface area contributed by atoms with Crippen LogP contribution in [0.25, 0.3) is 0 Å². The number of amides is 1. The van der Waals surface area contributed by atoms with Gasteiger partial charge in [-0.25, -0.2) is 4.79 Å². The fourth-order valence-electron chi connectivity index (χ4n) is 3.60. The van der Waals surface area contributed by atoms with E-state index in [0.717, 1.165) is 28.8 Å². The first-order chi connectivity index (χ1) is 13.5. The van der Waals surface area contributed by atoms with Gasteiger partial charge in [0.15, 0.2) is 5.60 Å². The smallest absolute Gasteiger partial charge is 0.339 e. The van der Waals surface area contributed by atoms with Crippen LogP contribution in [0.4, 0.5) is 11.4 Å². The molecule has 6 nitrogen and oxygen atoms in total. The molecule has 28 heavy (non-hydrogen) atoms. The van der Waals surface area contributed by atoms with E-state index in [1.807, 2.05) is 30.3 Å². The Kier molecular flexibility index (Phi) is 5.12. The summed E-state index contributed by atoms with van der Waals surface area (Å²) >= 11 is 3.47. The molecule has 1 N–H and O–H groups in total. The Labute approximate surface area is 171 Å². The van der Waals surface area contributed by atoms with Crippen molar-refractivity contribution in [3.63, 3.8) is 0 Å². The quantitative estimate of drug-likeness (QED) is 0.734. The Morgan fingerprint density at radius 3 is 2.71 bits per heavy atom. The molecule has 0 radical (unpaired) electrons. The van der Waals surface area contributed by atoms with Crippen molar-refractivity contribution in [1.82, 2.24) is 0 Å². The second kappa shape index (κ2) is 7.56. The van der Waals surface area contributed by atoms with E-state index in [2.05, 4.69) is 26.1 Å². The van der Waals surface area contributed by atoms with Gasteiger partial charge in [0.05, 0.1) is 30.2 Å². The van der Waals surface area contributed by atoms with Crippen LogP contribution in [0.15, 0.2) is 46.9 Å². The topological polar surface area (TPSA) is 67.9 Å². The van der Waals surface area contributed by atoms with Gasteiger partial charge in [-0.15, -0.1) is 0 Å². The molecule has 0 aromatic heterocycles. The molecular formula is C21H21BrN2O4. The van der Waals surface area contributed by atoms with Gasteiger partial charge in [0.25, 0.3) is 5.91 Å². The zero-order chi connectivity index (χ0) is 19.7. The number of rotatable bonds is 3. The van der Waals surface area contributed by atoms with E-state index in [1.54, 1.807) is 19.1 Å². The highest BCUT2D eigenvalue weighted by Crippen LogP contribution is 2.33. The molecule has 2 aliphatic rings.